The molecule has 3 nitrogen and oxygen atoms in total. The van der Waals surface area contributed by atoms with Crippen molar-refractivity contribution in [1.29, 1.82) is 0 Å². The molecule has 2 aromatic rings. The quantitative estimate of drug-likeness (QED) is 0.825. The third-order valence-electron chi connectivity index (χ3n) is 2.93. The zero-order valence-corrected chi connectivity index (χ0v) is 12.0. The molecule has 2 heterocycles. The van der Waals surface area contributed by atoms with Crippen LogP contribution in [0.4, 0.5) is 5.95 Å². The fraction of sp³-hybridized carbons (Fsp3) is 0.500. The molecule has 1 N–H and O–H groups in total. The van der Waals surface area contributed by atoms with Crippen LogP contribution in [0, 0.1) is 6.92 Å². The predicted molar refractivity (Wildman–Crippen MR) is 78.4 cm³/mol. The van der Waals surface area contributed by atoms with Gasteiger partial charge in [-0.2, -0.15) is 11.3 Å². The zero-order valence-electron chi connectivity index (χ0n) is 11.1. The highest BCUT2D eigenvalue weighted by Gasteiger charge is 2.04. The molecule has 0 aromatic carbocycles. The molecule has 0 spiro atoms. The fourth-order valence-corrected chi connectivity index (χ4v) is 2.64. The maximum Gasteiger partial charge on any atom is 0.203 e. The van der Waals surface area contributed by atoms with E-state index in [1.807, 2.05) is 6.92 Å². The SMILES string of the molecule is CCCCn1cc(C)nc1NCCc1ccsc1. The highest BCUT2D eigenvalue weighted by Crippen LogP contribution is 2.11. The Labute approximate surface area is 113 Å². The van der Waals surface area contributed by atoms with Gasteiger partial charge in [-0.15, -0.1) is 0 Å². The van der Waals surface area contributed by atoms with E-state index in [1.54, 1.807) is 11.3 Å². The van der Waals surface area contributed by atoms with Crippen LogP contribution in [0.5, 0.6) is 0 Å². The van der Waals surface area contributed by atoms with Crippen molar-refractivity contribution >= 4 is 17.3 Å². The second kappa shape index (κ2) is 6.59. The number of hydrogen-bond donors (Lipinski definition) is 1. The molecule has 98 valence electrons. The van der Waals surface area contributed by atoms with E-state index in [4.69, 9.17) is 0 Å². The smallest absolute Gasteiger partial charge is 0.203 e. The van der Waals surface area contributed by atoms with Crippen molar-refractivity contribution < 1.29 is 0 Å². The van der Waals surface area contributed by atoms with Crippen LogP contribution in [0.25, 0.3) is 0 Å². The summed E-state index contributed by atoms with van der Waals surface area (Å²) in [7, 11) is 0. The molecule has 0 bridgehead atoms. The van der Waals surface area contributed by atoms with Crippen LogP contribution in [-0.2, 0) is 13.0 Å². The molecule has 0 aliphatic carbocycles. The first-order chi connectivity index (χ1) is 8.79. The number of anilines is 1. The van der Waals surface area contributed by atoms with Crippen LogP contribution < -0.4 is 5.32 Å². The molecule has 0 unspecified atom stereocenters. The van der Waals surface area contributed by atoms with Gasteiger partial charge >= 0.3 is 0 Å². The van der Waals surface area contributed by atoms with Gasteiger partial charge in [-0.25, -0.2) is 4.98 Å². The molecule has 4 heteroatoms. The van der Waals surface area contributed by atoms with Gasteiger partial charge in [-0.3, -0.25) is 0 Å². The molecule has 18 heavy (non-hydrogen) atoms. The predicted octanol–water partition coefficient (Wildman–Crippen LogP) is 3.71. The summed E-state index contributed by atoms with van der Waals surface area (Å²) in [5.41, 5.74) is 2.49. The number of nitrogens with zero attached hydrogens (tertiary/aromatic N) is 2. The number of unbranched alkanes of at least 4 members (excludes halogenated alkanes) is 1. The van der Waals surface area contributed by atoms with Crippen molar-refractivity contribution in [2.24, 2.45) is 0 Å². The minimum Gasteiger partial charge on any atom is -0.355 e. The lowest BCUT2D eigenvalue weighted by Crippen LogP contribution is -2.10. The summed E-state index contributed by atoms with van der Waals surface area (Å²) in [6, 6.07) is 2.18. The molecule has 0 saturated heterocycles. The summed E-state index contributed by atoms with van der Waals surface area (Å²) in [6.45, 7) is 6.26. The Balaban J connectivity index is 1.87. The lowest BCUT2D eigenvalue weighted by molar-refractivity contribution is 0.634. The third-order valence-corrected chi connectivity index (χ3v) is 3.66. The molecular formula is C14H21N3S. The lowest BCUT2D eigenvalue weighted by Gasteiger charge is -2.08. The van der Waals surface area contributed by atoms with E-state index in [9.17, 15) is 0 Å². The van der Waals surface area contributed by atoms with Gasteiger partial charge in [0.25, 0.3) is 0 Å². The van der Waals surface area contributed by atoms with Crippen LogP contribution in [0.2, 0.25) is 0 Å². The van der Waals surface area contributed by atoms with Gasteiger partial charge < -0.3 is 9.88 Å². The zero-order chi connectivity index (χ0) is 12.8. The van der Waals surface area contributed by atoms with E-state index in [-0.39, 0.29) is 0 Å². The standard InChI is InChI=1S/C14H21N3S/c1-3-4-8-17-10-12(2)16-14(17)15-7-5-13-6-9-18-11-13/h6,9-11H,3-5,7-8H2,1-2H3,(H,15,16). The van der Waals surface area contributed by atoms with E-state index in [0.717, 1.165) is 31.2 Å². The van der Waals surface area contributed by atoms with Gasteiger partial charge in [-0.05, 0) is 42.2 Å². The topological polar surface area (TPSA) is 29.9 Å². The molecule has 0 aliphatic rings. The Morgan fingerprint density at radius 2 is 2.33 bits per heavy atom. The number of nitrogens with one attached hydrogen (secondary N) is 1. The van der Waals surface area contributed by atoms with Crippen LogP contribution in [0.1, 0.15) is 31.0 Å². The number of aryl methyl sites for hydroxylation is 2. The summed E-state index contributed by atoms with van der Waals surface area (Å²) in [6.07, 6.45) is 5.60. The maximum absolute atomic E-state index is 4.54. The monoisotopic (exact) mass is 263 g/mol. The number of imidazole rings is 1. The molecule has 0 fully saturated rings. The van der Waals surface area contributed by atoms with Gasteiger partial charge in [0.05, 0.1) is 5.69 Å². The first-order valence-corrected chi connectivity index (χ1v) is 7.52. The average Bonchev–Trinajstić information content (AvgIpc) is 2.97. The van der Waals surface area contributed by atoms with E-state index in [1.165, 1.54) is 18.4 Å². The van der Waals surface area contributed by atoms with Crippen molar-refractivity contribution in [2.45, 2.75) is 39.7 Å². The Morgan fingerprint density at radius 1 is 1.44 bits per heavy atom. The number of hydrogen-bond acceptors (Lipinski definition) is 3. The molecular weight excluding hydrogens is 242 g/mol. The summed E-state index contributed by atoms with van der Waals surface area (Å²) >= 11 is 1.76. The Bertz CT molecular complexity index is 459. The first kappa shape index (κ1) is 13.1. The van der Waals surface area contributed by atoms with Crippen molar-refractivity contribution in [3.8, 4) is 0 Å². The second-order valence-electron chi connectivity index (χ2n) is 4.56. The van der Waals surface area contributed by atoms with Crippen molar-refractivity contribution in [2.75, 3.05) is 11.9 Å². The molecule has 0 atom stereocenters. The Kier molecular flexibility index (Phi) is 4.81. The van der Waals surface area contributed by atoms with Gasteiger partial charge in [0.2, 0.25) is 5.95 Å². The largest absolute Gasteiger partial charge is 0.355 e. The van der Waals surface area contributed by atoms with Crippen LogP contribution in [0.3, 0.4) is 0 Å². The Hall–Kier alpha value is -1.29. The van der Waals surface area contributed by atoms with E-state index < -0.39 is 0 Å². The normalized spacial score (nSPS) is 10.8. The van der Waals surface area contributed by atoms with Gasteiger partial charge in [-0.1, -0.05) is 13.3 Å². The molecule has 0 amide bonds. The number of aromatic nitrogens is 2. The van der Waals surface area contributed by atoms with Gasteiger partial charge in [0.1, 0.15) is 0 Å². The van der Waals surface area contributed by atoms with Crippen LogP contribution in [-0.4, -0.2) is 16.1 Å². The van der Waals surface area contributed by atoms with E-state index >= 15 is 0 Å². The van der Waals surface area contributed by atoms with Gasteiger partial charge in [0.15, 0.2) is 0 Å². The number of thiophene rings is 1. The molecule has 0 radical (unpaired) electrons. The van der Waals surface area contributed by atoms with Crippen LogP contribution >= 0.6 is 11.3 Å². The summed E-state index contributed by atoms with van der Waals surface area (Å²) in [5, 5.41) is 7.77. The van der Waals surface area contributed by atoms with Crippen molar-refractivity contribution in [3.05, 3.63) is 34.3 Å². The minimum atomic E-state index is 0.944. The Morgan fingerprint density at radius 3 is 3.06 bits per heavy atom. The molecule has 2 aromatic heterocycles. The third kappa shape index (κ3) is 3.60. The minimum absolute atomic E-state index is 0.944. The lowest BCUT2D eigenvalue weighted by atomic mass is 10.2. The first-order valence-electron chi connectivity index (χ1n) is 6.58. The van der Waals surface area contributed by atoms with Crippen molar-refractivity contribution in [3.63, 3.8) is 0 Å². The van der Waals surface area contributed by atoms with E-state index in [0.29, 0.717) is 0 Å². The fourth-order valence-electron chi connectivity index (χ4n) is 1.94. The summed E-state index contributed by atoms with van der Waals surface area (Å²) in [5.74, 6) is 1.01. The summed E-state index contributed by atoms with van der Waals surface area (Å²) < 4.78 is 2.23. The van der Waals surface area contributed by atoms with E-state index in [2.05, 4.69) is 44.8 Å². The molecule has 0 aliphatic heterocycles. The molecule has 0 saturated carbocycles. The van der Waals surface area contributed by atoms with Crippen molar-refractivity contribution in [1.82, 2.24) is 9.55 Å². The summed E-state index contributed by atoms with van der Waals surface area (Å²) in [4.78, 5) is 4.54. The maximum atomic E-state index is 4.54. The van der Waals surface area contributed by atoms with Gasteiger partial charge in [0, 0.05) is 19.3 Å². The highest BCUT2D eigenvalue weighted by atomic mass is 32.1. The second-order valence-corrected chi connectivity index (χ2v) is 5.34. The highest BCUT2D eigenvalue weighted by molar-refractivity contribution is 7.07. The average molecular weight is 263 g/mol. The van der Waals surface area contributed by atoms with Crippen LogP contribution in [0.15, 0.2) is 23.0 Å². The molecule has 2 rings (SSSR count). The number of rotatable bonds is 7.